The molecular weight excluding hydrogens is 204 g/mol. The number of aromatic nitrogens is 2. The van der Waals surface area contributed by atoms with Gasteiger partial charge < -0.3 is 15.6 Å². The zero-order valence-electron chi connectivity index (χ0n) is 9.55. The summed E-state index contributed by atoms with van der Waals surface area (Å²) in [7, 11) is 0. The van der Waals surface area contributed by atoms with Crippen LogP contribution >= 0.6 is 0 Å². The van der Waals surface area contributed by atoms with E-state index in [0.717, 1.165) is 31.6 Å². The molecule has 0 bridgehead atoms. The van der Waals surface area contributed by atoms with Gasteiger partial charge in [-0.2, -0.15) is 0 Å². The monoisotopic (exact) mass is 222 g/mol. The summed E-state index contributed by atoms with van der Waals surface area (Å²) in [5.41, 5.74) is 0.727. The molecule has 88 valence electrons. The first kappa shape index (κ1) is 11.1. The van der Waals surface area contributed by atoms with Crippen molar-refractivity contribution in [3.8, 4) is 0 Å². The second-order valence-corrected chi connectivity index (χ2v) is 4.32. The fourth-order valence-electron chi connectivity index (χ4n) is 2.14. The normalized spacial score (nSPS) is 24.6. The van der Waals surface area contributed by atoms with Crippen LogP contribution in [0, 0.1) is 5.41 Å². The highest BCUT2D eigenvalue weighted by atomic mass is 16.2. The van der Waals surface area contributed by atoms with E-state index in [0.29, 0.717) is 6.54 Å². The van der Waals surface area contributed by atoms with E-state index in [4.69, 9.17) is 0 Å². The van der Waals surface area contributed by atoms with Crippen molar-refractivity contribution in [1.29, 1.82) is 0 Å². The molecule has 2 heterocycles. The van der Waals surface area contributed by atoms with Gasteiger partial charge in [0.2, 0.25) is 5.91 Å². The molecule has 3 N–H and O–H groups in total. The Kier molecular flexibility index (Phi) is 3.24. The van der Waals surface area contributed by atoms with Crippen LogP contribution in [0.25, 0.3) is 0 Å². The Bertz CT molecular complexity index is 341. The van der Waals surface area contributed by atoms with Crippen LogP contribution in [-0.2, 0) is 11.3 Å². The highest BCUT2D eigenvalue weighted by Gasteiger charge is 2.39. The van der Waals surface area contributed by atoms with Gasteiger partial charge in [-0.3, -0.25) is 4.79 Å². The fourth-order valence-corrected chi connectivity index (χ4v) is 2.14. The van der Waals surface area contributed by atoms with Crippen LogP contribution in [0.15, 0.2) is 12.5 Å². The van der Waals surface area contributed by atoms with Gasteiger partial charge in [0, 0.05) is 12.7 Å². The Balaban J connectivity index is 1.91. The second kappa shape index (κ2) is 4.65. The standard InChI is InChI=1S/C11H18N4O/c1-2-11(3-4-12-7-11)10(16)14-6-9-5-13-8-15-9/h5,8,12H,2-4,6-7H2,1H3,(H,13,15)(H,14,16). The third-order valence-corrected chi connectivity index (χ3v) is 3.40. The van der Waals surface area contributed by atoms with Crippen LogP contribution in [0.4, 0.5) is 0 Å². The highest BCUT2D eigenvalue weighted by Crippen LogP contribution is 2.29. The first-order chi connectivity index (χ1) is 7.77. The van der Waals surface area contributed by atoms with E-state index in [-0.39, 0.29) is 11.3 Å². The predicted octanol–water partition coefficient (Wildman–Crippen LogP) is 0.416. The lowest BCUT2D eigenvalue weighted by Crippen LogP contribution is -2.41. The number of hydrogen-bond acceptors (Lipinski definition) is 3. The van der Waals surface area contributed by atoms with Crippen LogP contribution in [0.5, 0.6) is 0 Å². The summed E-state index contributed by atoms with van der Waals surface area (Å²) < 4.78 is 0. The summed E-state index contributed by atoms with van der Waals surface area (Å²) in [5, 5.41) is 6.23. The molecule has 0 saturated carbocycles. The lowest BCUT2D eigenvalue weighted by Gasteiger charge is -2.24. The van der Waals surface area contributed by atoms with E-state index in [9.17, 15) is 4.79 Å². The number of amides is 1. The maximum Gasteiger partial charge on any atom is 0.227 e. The summed E-state index contributed by atoms with van der Waals surface area (Å²) in [6.07, 6.45) is 5.16. The zero-order valence-corrected chi connectivity index (χ0v) is 9.55. The summed E-state index contributed by atoms with van der Waals surface area (Å²) in [6.45, 7) is 4.33. The molecule has 1 aromatic heterocycles. The number of nitrogens with zero attached hydrogens (tertiary/aromatic N) is 1. The smallest absolute Gasteiger partial charge is 0.227 e. The van der Waals surface area contributed by atoms with E-state index >= 15 is 0 Å². The Morgan fingerprint density at radius 2 is 2.56 bits per heavy atom. The molecule has 1 aromatic rings. The van der Waals surface area contributed by atoms with Crippen molar-refractivity contribution in [3.05, 3.63) is 18.2 Å². The average molecular weight is 222 g/mol. The minimum absolute atomic E-state index is 0.148. The first-order valence-corrected chi connectivity index (χ1v) is 5.73. The molecule has 1 aliphatic rings. The number of nitrogens with one attached hydrogen (secondary N) is 3. The van der Waals surface area contributed by atoms with Gasteiger partial charge in [0.05, 0.1) is 24.0 Å². The second-order valence-electron chi connectivity index (χ2n) is 4.32. The predicted molar refractivity (Wildman–Crippen MR) is 60.6 cm³/mol. The van der Waals surface area contributed by atoms with Crippen LogP contribution < -0.4 is 10.6 Å². The van der Waals surface area contributed by atoms with Crippen LogP contribution in [0.3, 0.4) is 0 Å². The first-order valence-electron chi connectivity index (χ1n) is 5.73. The van der Waals surface area contributed by atoms with Crippen LogP contribution in [-0.4, -0.2) is 29.0 Å². The molecule has 0 aliphatic carbocycles. The van der Waals surface area contributed by atoms with E-state index in [2.05, 4.69) is 27.5 Å². The molecule has 1 amide bonds. The zero-order chi connectivity index (χ0) is 11.4. The summed E-state index contributed by atoms with van der Waals surface area (Å²) in [6, 6.07) is 0. The van der Waals surface area contributed by atoms with Gasteiger partial charge in [-0.15, -0.1) is 0 Å². The Hall–Kier alpha value is -1.36. The van der Waals surface area contributed by atoms with Crippen LogP contribution in [0.1, 0.15) is 25.5 Å². The molecule has 0 radical (unpaired) electrons. The summed E-state index contributed by atoms with van der Waals surface area (Å²) >= 11 is 0. The molecule has 0 aromatic carbocycles. The number of imidazole rings is 1. The van der Waals surface area contributed by atoms with Crippen molar-refractivity contribution in [3.63, 3.8) is 0 Å². The van der Waals surface area contributed by atoms with Gasteiger partial charge >= 0.3 is 0 Å². The molecule has 5 heteroatoms. The highest BCUT2D eigenvalue weighted by molar-refractivity contribution is 5.83. The molecule has 1 fully saturated rings. The fraction of sp³-hybridized carbons (Fsp3) is 0.636. The Morgan fingerprint density at radius 3 is 3.12 bits per heavy atom. The van der Waals surface area contributed by atoms with Crippen molar-refractivity contribution < 1.29 is 4.79 Å². The number of hydrogen-bond donors (Lipinski definition) is 3. The molecular formula is C11H18N4O. The molecule has 5 nitrogen and oxygen atoms in total. The van der Waals surface area contributed by atoms with E-state index in [1.807, 2.05) is 0 Å². The molecule has 16 heavy (non-hydrogen) atoms. The third-order valence-electron chi connectivity index (χ3n) is 3.40. The maximum absolute atomic E-state index is 12.1. The number of carbonyl (C=O) groups excluding carboxylic acids is 1. The van der Waals surface area contributed by atoms with Crippen molar-refractivity contribution >= 4 is 5.91 Å². The Labute approximate surface area is 95.0 Å². The lowest BCUT2D eigenvalue weighted by molar-refractivity contribution is -0.130. The number of rotatable bonds is 4. The van der Waals surface area contributed by atoms with Gasteiger partial charge in [-0.25, -0.2) is 4.98 Å². The molecule has 0 spiro atoms. The van der Waals surface area contributed by atoms with Gasteiger partial charge in [-0.1, -0.05) is 6.92 Å². The van der Waals surface area contributed by atoms with Crippen molar-refractivity contribution in [2.75, 3.05) is 13.1 Å². The van der Waals surface area contributed by atoms with Crippen molar-refractivity contribution in [2.45, 2.75) is 26.3 Å². The largest absolute Gasteiger partial charge is 0.350 e. The number of carbonyl (C=O) groups is 1. The van der Waals surface area contributed by atoms with E-state index in [1.165, 1.54) is 0 Å². The van der Waals surface area contributed by atoms with Gasteiger partial charge in [0.25, 0.3) is 0 Å². The average Bonchev–Trinajstić information content (AvgIpc) is 2.97. The third kappa shape index (κ3) is 2.09. The van der Waals surface area contributed by atoms with Gasteiger partial charge in [0.1, 0.15) is 0 Å². The quantitative estimate of drug-likeness (QED) is 0.691. The SMILES string of the molecule is CCC1(C(=O)NCc2cnc[nH]2)CCNC1. The van der Waals surface area contributed by atoms with E-state index in [1.54, 1.807) is 12.5 Å². The maximum atomic E-state index is 12.1. The Morgan fingerprint density at radius 1 is 1.69 bits per heavy atom. The van der Waals surface area contributed by atoms with E-state index < -0.39 is 0 Å². The molecule has 1 atom stereocenters. The van der Waals surface area contributed by atoms with Gasteiger partial charge in [-0.05, 0) is 19.4 Å². The number of aromatic amines is 1. The van der Waals surface area contributed by atoms with Crippen LogP contribution in [0.2, 0.25) is 0 Å². The van der Waals surface area contributed by atoms with Gasteiger partial charge in [0.15, 0.2) is 0 Å². The molecule has 1 aliphatic heterocycles. The summed E-state index contributed by atoms with van der Waals surface area (Å²) in [5.74, 6) is 0.148. The summed E-state index contributed by atoms with van der Waals surface area (Å²) in [4.78, 5) is 19.0. The molecule has 2 rings (SSSR count). The topological polar surface area (TPSA) is 69.8 Å². The molecule has 1 unspecified atom stereocenters. The lowest BCUT2D eigenvalue weighted by atomic mass is 9.83. The van der Waals surface area contributed by atoms with Crippen molar-refractivity contribution in [1.82, 2.24) is 20.6 Å². The van der Waals surface area contributed by atoms with Crippen molar-refractivity contribution in [2.24, 2.45) is 5.41 Å². The minimum atomic E-state index is -0.208. The number of H-pyrrole nitrogens is 1. The minimum Gasteiger partial charge on any atom is -0.350 e. The molecule has 1 saturated heterocycles.